The quantitative estimate of drug-likeness (QED) is 0.655. The van der Waals surface area contributed by atoms with Gasteiger partial charge in [-0.25, -0.2) is 0 Å². The Hall–Kier alpha value is -0.500. The highest BCUT2D eigenvalue weighted by Crippen LogP contribution is 2.47. The van der Waals surface area contributed by atoms with Gasteiger partial charge in [0.15, 0.2) is 0 Å². The summed E-state index contributed by atoms with van der Waals surface area (Å²) in [6, 6.07) is 0. The van der Waals surface area contributed by atoms with Crippen molar-refractivity contribution in [2.24, 2.45) is 5.41 Å². The molecule has 0 saturated carbocycles. The van der Waals surface area contributed by atoms with Gasteiger partial charge in [0.05, 0.1) is 0 Å². The molecule has 2 aliphatic heterocycles. The van der Waals surface area contributed by atoms with Gasteiger partial charge in [-0.05, 0) is 79.3 Å². The summed E-state index contributed by atoms with van der Waals surface area (Å²) in [6.07, 6.45) is 3.87. The van der Waals surface area contributed by atoms with Crippen molar-refractivity contribution in [3.63, 3.8) is 0 Å². The summed E-state index contributed by atoms with van der Waals surface area (Å²) in [6.45, 7) is 22.0. The van der Waals surface area contributed by atoms with Crippen LogP contribution < -0.4 is 0 Å². The zero-order chi connectivity index (χ0) is 14.5. The number of hydrogen-bond donors (Lipinski definition) is 0. The maximum absolute atomic E-state index is 4.33. The molecule has 0 aromatic carbocycles. The van der Waals surface area contributed by atoms with Gasteiger partial charge < -0.3 is 4.90 Å². The third-order valence-corrected chi connectivity index (χ3v) is 5.04. The van der Waals surface area contributed by atoms with Gasteiger partial charge in [-0.2, -0.15) is 0 Å². The van der Waals surface area contributed by atoms with E-state index in [-0.39, 0.29) is 5.54 Å². The van der Waals surface area contributed by atoms with E-state index >= 15 is 0 Å². The van der Waals surface area contributed by atoms with Crippen molar-refractivity contribution < 1.29 is 0 Å². The first-order valence-electron chi connectivity index (χ1n) is 7.74. The van der Waals surface area contributed by atoms with Crippen LogP contribution in [-0.2, 0) is 0 Å². The standard InChI is InChI=1S/C17H32N2/c1-14-12-17(13-19(14)16(5,6)7)8-10-18(11-9-17)15(2,3)4/h1,8-13H2,2-7H3. The number of piperidine rings is 1. The Bertz CT molecular complexity index is 348. The van der Waals surface area contributed by atoms with Crippen LogP contribution in [0.15, 0.2) is 12.3 Å². The fourth-order valence-electron chi connectivity index (χ4n) is 3.73. The van der Waals surface area contributed by atoms with Gasteiger partial charge in [0.25, 0.3) is 0 Å². The summed E-state index contributed by atoms with van der Waals surface area (Å²) in [4.78, 5) is 5.18. The van der Waals surface area contributed by atoms with Crippen LogP contribution in [0.2, 0.25) is 0 Å². The summed E-state index contributed by atoms with van der Waals surface area (Å²) < 4.78 is 0. The highest BCUT2D eigenvalue weighted by molar-refractivity contribution is 5.13. The largest absolute Gasteiger partial charge is 0.370 e. The molecular weight excluding hydrogens is 232 g/mol. The predicted octanol–water partition coefficient (Wildman–Crippen LogP) is 3.89. The highest BCUT2D eigenvalue weighted by atomic mass is 15.2. The molecule has 0 atom stereocenters. The first-order valence-corrected chi connectivity index (χ1v) is 7.74. The van der Waals surface area contributed by atoms with E-state index in [0.717, 1.165) is 0 Å². The molecule has 0 amide bonds. The summed E-state index contributed by atoms with van der Waals surface area (Å²) in [5.74, 6) is 0. The molecule has 110 valence electrons. The SMILES string of the molecule is C=C1CC2(CCN(C(C)(C)C)CC2)CN1C(C)(C)C. The Morgan fingerprint density at radius 1 is 0.947 bits per heavy atom. The third-order valence-electron chi connectivity index (χ3n) is 5.04. The lowest BCUT2D eigenvalue weighted by molar-refractivity contribution is 0.0399. The van der Waals surface area contributed by atoms with Gasteiger partial charge >= 0.3 is 0 Å². The van der Waals surface area contributed by atoms with E-state index in [9.17, 15) is 0 Å². The van der Waals surface area contributed by atoms with Gasteiger partial charge in [-0.3, -0.25) is 4.90 Å². The first kappa shape index (κ1) is 14.9. The molecule has 0 aromatic heterocycles. The zero-order valence-corrected chi connectivity index (χ0v) is 13.8. The summed E-state index contributed by atoms with van der Waals surface area (Å²) in [5, 5.41) is 0. The van der Waals surface area contributed by atoms with Crippen LogP contribution in [0.3, 0.4) is 0 Å². The first-order chi connectivity index (χ1) is 8.54. The van der Waals surface area contributed by atoms with Crippen LogP contribution in [0, 0.1) is 5.41 Å². The van der Waals surface area contributed by atoms with E-state index in [0.29, 0.717) is 11.0 Å². The van der Waals surface area contributed by atoms with Crippen molar-refractivity contribution in [1.29, 1.82) is 0 Å². The van der Waals surface area contributed by atoms with Crippen LogP contribution in [0.4, 0.5) is 0 Å². The molecule has 2 saturated heterocycles. The van der Waals surface area contributed by atoms with Gasteiger partial charge in [0.1, 0.15) is 0 Å². The average molecular weight is 264 g/mol. The lowest BCUT2D eigenvalue weighted by atomic mass is 9.76. The van der Waals surface area contributed by atoms with Crippen LogP contribution in [0.5, 0.6) is 0 Å². The Balaban J connectivity index is 2.03. The van der Waals surface area contributed by atoms with Crippen LogP contribution in [0.25, 0.3) is 0 Å². The fraction of sp³-hybridized carbons (Fsp3) is 0.882. The number of nitrogens with zero attached hydrogens (tertiary/aromatic N) is 2. The normalized spacial score (nSPS) is 25.4. The highest BCUT2D eigenvalue weighted by Gasteiger charge is 2.45. The van der Waals surface area contributed by atoms with E-state index in [1.54, 1.807) is 0 Å². The second kappa shape index (κ2) is 4.51. The molecule has 2 heterocycles. The number of rotatable bonds is 0. The fourth-order valence-corrected chi connectivity index (χ4v) is 3.73. The summed E-state index contributed by atoms with van der Waals surface area (Å²) in [5.41, 5.74) is 2.41. The molecule has 0 aromatic rings. The molecule has 0 bridgehead atoms. The maximum Gasteiger partial charge on any atom is 0.0315 e. The molecule has 19 heavy (non-hydrogen) atoms. The molecule has 0 unspecified atom stereocenters. The van der Waals surface area contributed by atoms with E-state index in [2.05, 4.69) is 57.9 Å². The Morgan fingerprint density at radius 2 is 1.47 bits per heavy atom. The molecule has 1 spiro atoms. The molecule has 0 aliphatic carbocycles. The van der Waals surface area contributed by atoms with Crippen molar-refractivity contribution in [2.45, 2.75) is 71.9 Å². The Morgan fingerprint density at radius 3 is 1.84 bits per heavy atom. The average Bonchev–Trinajstić information content (AvgIpc) is 2.54. The minimum atomic E-state index is 0.224. The number of allylic oxidation sites excluding steroid dienone is 1. The molecule has 0 radical (unpaired) electrons. The van der Waals surface area contributed by atoms with Crippen molar-refractivity contribution >= 4 is 0 Å². The van der Waals surface area contributed by atoms with Gasteiger partial charge in [-0.15, -0.1) is 0 Å². The third kappa shape index (κ3) is 2.99. The molecule has 2 rings (SSSR count). The minimum absolute atomic E-state index is 0.224. The minimum Gasteiger partial charge on any atom is -0.370 e. The van der Waals surface area contributed by atoms with Crippen molar-refractivity contribution in [1.82, 2.24) is 9.80 Å². The Kier molecular flexibility index (Phi) is 3.54. The molecule has 2 nitrogen and oxygen atoms in total. The van der Waals surface area contributed by atoms with Crippen LogP contribution >= 0.6 is 0 Å². The zero-order valence-electron chi connectivity index (χ0n) is 13.8. The van der Waals surface area contributed by atoms with E-state index < -0.39 is 0 Å². The predicted molar refractivity (Wildman–Crippen MR) is 83.2 cm³/mol. The Labute approximate surface area is 119 Å². The number of hydrogen-bond acceptors (Lipinski definition) is 2. The second-order valence-corrected chi connectivity index (χ2v) is 8.66. The summed E-state index contributed by atoms with van der Waals surface area (Å²) in [7, 11) is 0. The van der Waals surface area contributed by atoms with Gasteiger partial charge in [0.2, 0.25) is 0 Å². The van der Waals surface area contributed by atoms with Gasteiger partial charge in [-0.1, -0.05) is 6.58 Å². The topological polar surface area (TPSA) is 6.48 Å². The molecule has 2 fully saturated rings. The second-order valence-electron chi connectivity index (χ2n) is 8.66. The molecule has 0 N–H and O–H groups in total. The molecule has 2 aliphatic rings. The van der Waals surface area contributed by atoms with Crippen LogP contribution in [0.1, 0.15) is 60.8 Å². The summed E-state index contributed by atoms with van der Waals surface area (Å²) >= 11 is 0. The lowest BCUT2D eigenvalue weighted by Gasteiger charge is -2.45. The van der Waals surface area contributed by atoms with Crippen molar-refractivity contribution in [3.8, 4) is 0 Å². The smallest absolute Gasteiger partial charge is 0.0315 e. The van der Waals surface area contributed by atoms with E-state index in [1.807, 2.05) is 0 Å². The van der Waals surface area contributed by atoms with Crippen molar-refractivity contribution in [3.05, 3.63) is 12.3 Å². The van der Waals surface area contributed by atoms with Gasteiger partial charge in [0, 0.05) is 23.3 Å². The maximum atomic E-state index is 4.33. The number of likely N-dealkylation sites (tertiary alicyclic amines) is 2. The lowest BCUT2D eigenvalue weighted by Crippen LogP contribution is -2.50. The van der Waals surface area contributed by atoms with Crippen molar-refractivity contribution in [2.75, 3.05) is 19.6 Å². The molecule has 2 heteroatoms. The van der Waals surface area contributed by atoms with E-state index in [4.69, 9.17) is 0 Å². The monoisotopic (exact) mass is 264 g/mol. The molecular formula is C17H32N2. The van der Waals surface area contributed by atoms with Crippen LogP contribution in [-0.4, -0.2) is 40.5 Å². The van der Waals surface area contributed by atoms with E-state index in [1.165, 1.54) is 44.6 Å².